The largest absolute Gasteiger partial charge is 0.322 e. The Kier molecular flexibility index (Phi) is 6.14. The summed E-state index contributed by atoms with van der Waals surface area (Å²) >= 11 is 5.84. The maximum absolute atomic E-state index is 12.3. The van der Waals surface area contributed by atoms with Crippen LogP contribution < -0.4 is 10.7 Å². The van der Waals surface area contributed by atoms with Crippen molar-refractivity contribution in [3.05, 3.63) is 94.8 Å². The molecule has 3 aromatic rings. The van der Waals surface area contributed by atoms with Crippen LogP contribution in [0.3, 0.4) is 0 Å². The highest BCUT2D eigenvalue weighted by molar-refractivity contribution is 6.30. The number of carbonyl (C=O) groups is 2. The number of nitrogens with one attached hydrogen (secondary N) is 2. The van der Waals surface area contributed by atoms with Crippen LogP contribution >= 0.6 is 11.6 Å². The van der Waals surface area contributed by atoms with Gasteiger partial charge in [-0.05, 0) is 61.0 Å². The zero-order valence-electron chi connectivity index (χ0n) is 15.0. The second-order valence-corrected chi connectivity index (χ2v) is 6.33. The van der Waals surface area contributed by atoms with Crippen LogP contribution in [0.15, 0.2) is 78.0 Å². The third kappa shape index (κ3) is 5.02. The minimum Gasteiger partial charge on any atom is -0.322 e. The molecule has 0 atom stereocenters. The fourth-order valence-electron chi connectivity index (χ4n) is 2.38. The molecule has 1 heterocycles. The first kappa shape index (κ1) is 19.3. The maximum atomic E-state index is 12.3. The Morgan fingerprint density at radius 3 is 2.43 bits per heavy atom. The maximum Gasteiger partial charge on any atom is 0.289 e. The van der Waals surface area contributed by atoms with E-state index in [1.54, 1.807) is 73.8 Å². The highest BCUT2D eigenvalue weighted by atomic mass is 35.5. The number of hydrazone groups is 1. The Hall–Kier alpha value is -3.51. The van der Waals surface area contributed by atoms with Crippen molar-refractivity contribution in [1.82, 2.24) is 10.4 Å². The summed E-state index contributed by atoms with van der Waals surface area (Å²) in [6.45, 7) is 1.76. The Morgan fingerprint density at radius 1 is 0.929 bits per heavy atom. The lowest BCUT2D eigenvalue weighted by Gasteiger charge is -2.08. The van der Waals surface area contributed by atoms with Crippen molar-refractivity contribution in [2.24, 2.45) is 5.10 Å². The van der Waals surface area contributed by atoms with Gasteiger partial charge >= 0.3 is 0 Å². The molecule has 7 heteroatoms. The predicted octanol–water partition coefficient (Wildman–Crippen LogP) is 4.14. The van der Waals surface area contributed by atoms with Crippen molar-refractivity contribution in [3.63, 3.8) is 0 Å². The molecule has 6 nitrogen and oxygen atoms in total. The lowest BCUT2D eigenvalue weighted by Crippen LogP contribution is -2.20. The predicted molar refractivity (Wildman–Crippen MR) is 110 cm³/mol. The summed E-state index contributed by atoms with van der Waals surface area (Å²) in [5, 5.41) is 7.51. The van der Waals surface area contributed by atoms with Crippen molar-refractivity contribution >= 4 is 34.8 Å². The van der Waals surface area contributed by atoms with Gasteiger partial charge in [-0.3, -0.25) is 14.6 Å². The van der Waals surface area contributed by atoms with Gasteiger partial charge in [0.05, 0.1) is 5.71 Å². The summed E-state index contributed by atoms with van der Waals surface area (Å²) in [4.78, 5) is 28.3. The van der Waals surface area contributed by atoms with Crippen LogP contribution in [0, 0.1) is 0 Å². The molecular formula is C21H17ClN4O2. The molecule has 3 rings (SSSR count). The molecule has 0 radical (unpaired) electrons. The normalized spacial score (nSPS) is 11.0. The number of nitrogens with zero attached hydrogens (tertiary/aromatic N) is 2. The zero-order chi connectivity index (χ0) is 19.9. The fourth-order valence-corrected chi connectivity index (χ4v) is 2.51. The average molecular weight is 393 g/mol. The molecule has 140 valence electrons. The molecule has 2 aromatic carbocycles. The third-order valence-corrected chi connectivity index (χ3v) is 4.12. The van der Waals surface area contributed by atoms with Crippen LogP contribution in [-0.4, -0.2) is 22.5 Å². The molecule has 0 aliphatic heterocycles. The summed E-state index contributed by atoms with van der Waals surface area (Å²) < 4.78 is 0. The topological polar surface area (TPSA) is 83.4 Å². The van der Waals surface area contributed by atoms with Crippen molar-refractivity contribution < 1.29 is 9.59 Å². The highest BCUT2D eigenvalue weighted by Crippen LogP contribution is 2.15. The number of carbonyl (C=O) groups excluding carboxylic acids is 2. The molecule has 0 aliphatic carbocycles. The van der Waals surface area contributed by atoms with E-state index in [0.717, 1.165) is 5.56 Å². The van der Waals surface area contributed by atoms with Gasteiger partial charge in [0.2, 0.25) is 0 Å². The lowest BCUT2D eigenvalue weighted by molar-refractivity contribution is 0.0949. The van der Waals surface area contributed by atoms with E-state index in [1.807, 2.05) is 6.07 Å². The van der Waals surface area contributed by atoms with Gasteiger partial charge in [0, 0.05) is 22.5 Å². The van der Waals surface area contributed by atoms with E-state index >= 15 is 0 Å². The van der Waals surface area contributed by atoms with Gasteiger partial charge in [-0.25, -0.2) is 5.43 Å². The Balaban J connectivity index is 1.69. The number of amides is 2. The number of benzene rings is 2. The van der Waals surface area contributed by atoms with E-state index in [4.69, 9.17) is 11.6 Å². The molecule has 0 saturated carbocycles. The quantitative estimate of drug-likeness (QED) is 0.505. The number of rotatable bonds is 5. The number of hydrogen-bond acceptors (Lipinski definition) is 4. The van der Waals surface area contributed by atoms with Gasteiger partial charge in [-0.15, -0.1) is 0 Å². The average Bonchev–Trinajstić information content (AvgIpc) is 2.73. The van der Waals surface area contributed by atoms with Crippen LogP contribution in [-0.2, 0) is 0 Å². The molecule has 2 N–H and O–H groups in total. The number of halogens is 1. The SMILES string of the molecule is C/C(=N/NC(=O)c1ccccn1)c1cccc(NC(=O)c2ccc(Cl)cc2)c1. The van der Waals surface area contributed by atoms with Crippen LogP contribution in [0.2, 0.25) is 5.02 Å². The first-order valence-electron chi connectivity index (χ1n) is 8.46. The number of hydrogen-bond donors (Lipinski definition) is 2. The molecule has 0 bridgehead atoms. The van der Waals surface area contributed by atoms with Crippen LogP contribution in [0.1, 0.15) is 33.3 Å². The second kappa shape index (κ2) is 8.92. The zero-order valence-corrected chi connectivity index (χ0v) is 15.8. The van der Waals surface area contributed by atoms with Gasteiger partial charge in [-0.1, -0.05) is 29.8 Å². The Labute approximate surface area is 167 Å². The highest BCUT2D eigenvalue weighted by Gasteiger charge is 2.08. The number of aromatic nitrogens is 1. The van der Waals surface area contributed by atoms with Crippen LogP contribution in [0.25, 0.3) is 0 Å². The lowest BCUT2D eigenvalue weighted by atomic mass is 10.1. The summed E-state index contributed by atoms with van der Waals surface area (Å²) in [6, 6.07) is 18.9. The summed E-state index contributed by atoms with van der Waals surface area (Å²) in [6.07, 6.45) is 1.54. The van der Waals surface area contributed by atoms with E-state index in [9.17, 15) is 9.59 Å². The van der Waals surface area contributed by atoms with E-state index < -0.39 is 5.91 Å². The minimum atomic E-state index is -0.396. The fraction of sp³-hybridized carbons (Fsp3) is 0.0476. The van der Waals surface area contributed by atoms with Gasteiger partial charge in [0.15, 0.2) is 0 Å². The minimum absolute atomic E-state index is 0.244. The molecule has 1 aromatic heterocycles. The summed E-state index contributed by atoms with van der Waals surface area (Å²) in [5.41, 5.74) is 5.22. The van der Waals surface area contributed by atoms with E-state index in [-0.39, 0.29) is 11.6 Å². The third-order valence-electron chi connectivity index (χ3n) is 3.87. The smallest absolute Gasteiger partial charge is 0.289 e. The number of pyridine rings is 1. The molecule has 28 heavy (non-hydrogen) atoms. The van der Waals surface area contributed by atoms with Gasteiger partial charge in [-0.2, -0.15) is 5.10 Å². The summed E-state index contributed by atoms with van der Waals surface area (Å²) in [7, 11) is 0. The van der Waals surface area contributed by atoms with E-state index in [2.05, 4.69) is 20.8 Å². The van der Waals surface area contributed by atoms with Crippen molar-refractivity contribution in [1.29, 1.82) is 0 Å². The molecule has 0 saturated heterocycles. The Morgan fingerprint density at radius 2 is 1.71 bits per heavy atom. The number of anilines is 1. The Bertz CT molecular complexity index is 1020. The first-order valence-corrected chi connectivity index (χ1v) is 8.84. The van der Waals surface area contributed by atoms with Crippen molar-refractivity contribution in [2.45, 2.75) is 6.92 Å². The van der Waals surface area contributed by atoms with Crippen molar-refractivity contribution in [2.75, 3.05) is 5.32 Å². The summed E-state index contributed by atoms with van der Waals surface area (Å²) in [5.74, 6) is -0.640. The molecular weight excluding hydrogens is 376 g/mol. The van der Waals surface area contributed by atoms with E-state index in [1.165, 1.54) is 0 Å². The first-order chi connectivity index (χ1) is 13.5. The molecule has 0 unspecified atom stereocenters. The standard InChI is InChI=1S/C21H17ClN4O2/c1-14(25-26-21(28)19-7-2-3-12-23-19)16-5-4-6-18(13-16)24-20(27)15-8-10-17(22)11-9-15/h2-13H,1H3,(H,24,27)(H,26,28)/b25-14-. The van der Waals surface area contributed by atoms with Crippen LogP contribution in [0.4, 0.5) is 5.69 Å². The van der Waals surface area contributed by atoms with Crippen molar-refractivity contribution in [3.8, 4) is 0 Å². The molecule has 2 amide bonds. The molecule has 0 aliphatic rings. The monoisotopic (exact) mass is 392 g/mol. The van der Waals surface area contributed by atoms with E-state index in [0.29, 0.717) is 22.0 Å². The second-order valence-electron chi connectivity index (χ2n) is 5.89. The van der Waals surface area contributed by atoms with Gasteiger partial charge < -0.3 is 5.32 Å². The van der Waals surface area contributed by atoms with Crippen LogP contribution in [0.5, 0.6) is 0 Å². The molecule has 0 fully saturated rings. The van der Waals surface area contributed by atoms with Gasteiger partial charge in [0.25, 0.3) is 11.8 Å². The van der Waals surface area contributed by atoms with Gasteiger partial charge in [0.1, 0.15) is 5.69 Å². The molecule has 0 spiro atoms.